The van der Waals surface area contributed by atoms with Crippen molar-refractivity contribution in [3.8, 4) is 0 Å². The molecule has 6 rings (SSSR count). The normalized spacial score (nSPS) is 32.4. The van der Waals surface area contributed by atoms with Crippen LogP contribution in [0.2, 0.25) is 5.02 Å². The minimum absolute atomic E-state index is 0.0625. The summed E-state index contributed by atoms with van der Waals surface area (Å²) in [5, 5.41) is 19.1. The largest absolute Gasteiger partial charge is 0.550 e. The Kier molecular flexibility index (Phi) is 4.28. The van der Waals surface area contributed by atoms with Crippen LogP contribution in [0.15, 0.2) is 33.8 Å². The highest BCUT2D eigenvalue weighted by Crippen LogP contribution is 2.64. The number of hydrogen-bond donors (Lipinski definition) is 1. The Balaban J connectivity index is 1.46. The summed E-state index contributed by atoms with van der Waals surface area (Å²) < 4.78 is 6.84. The average molecular weight is 417 g/mol. The summed E-state index contributed by atoms with van der Waals surface area (Å²) >= 11 is 6.43. The first-order chi connectivity index (χ1) is 13.9. The van der Waals surface area contributed by atoms with Crippen molar-refractivity contribution in [3.05, 3.63) is 45.7 Å². The molecule has 7 nitrogen and oxygen atoms in total. The first kappa shape index (κ1) is 18.7. The van der Waals surface area contributed by atoms with Gasteiger partial charge in [-0.05, 0) is 74.3 Å². The Hall–Kier alpha value is -2.28. The van der Waals surface area contributed by atoms with Crippen molar-refractivity contribution >= 4 is 23.3 Å². The highest BCUT2D eigenvalue weighted by Gasteiger charge is 2.59. The van der Waals surface area contributed by atoms with Gasteiger partial charge in [0.2, 0.25) is 0 Å². The van der Waals surface area contributed by atoms with Gasteiger partial charge in [-0.3, -0.25) is 4.79 Å². The highest BCUT2D eigenvalue weighted by molar-refractivity contribution is 6.32. The molecule has 2 heterocycles. The van der Waals surface area contributed by atoms with Crippen molar-refractivity contribution in [2.75, 3.05) is 5.32 Å². The maximum atomic E-state index is 13.2. The van der Waals surface area contributed by atoms with Crippen molar-refractivity contribution < 1.29 is 14.3 Å². The zero-order chi connectivity index (χ0) is 20.2. The van der Waals surface area contributed by atoms with Gasteiger partial charge in [0.05, 0.1) is 30.2 Å². The first-order valence-corrected chi connectivity index (χ1v) is 10.5. The highest BCUT2D eigenvalue weighted by atomic mass is 35.5. The van der Waals surface area contributed by atoms with E-state index in [2.05, 4.69) is 10.4 Å². The van der Waals surface area contributed by atoms with E-state index in [-0.39, 0.29) is 22.4 Å². The standard InChI is InChI=1S/C21H24ClN3O4/c22-18-16(23-10-15-2-1-3-29-15)11-24-25(19(18)28)21-7-13-4-14(8-21)6-20(5-13,12-21)9-17(26)27/h1-3,11,13-14,23H,4-10,12H2,(H,26,27)/p-1/t13-,14+,20?,21?. The lowest BCUT2D eigenvalue weighted by Gasteiger charge is -2.62. The second kappa shape index (κ2) is 6.62. The molecule has 4 saturated carbocycles. The lowest BCUT2D eigenvalue weighted by molar-refractivity contribution is -0.310. The summed E-state index contributed by atoms with van der Waals surface area (Å²) in [4.78, 5) is 24.6. The Morgan fingerprint density at radius 2 is 2.10 bits per heavy atom. The fourth-order valence-electron chi connectivity index (χ4n) is 6.65. The van der Waals surface area contributed by atoms with Gasteiger partial charge in [-0.25, -0.2) is 4.68 Å². The van der Waals surface area contributed by atoms with E-state index >= 15 is 0 Å². The number of carbonyl (C=O) groups is 1. The van der Waals surface area contributed by atoms with Gasteiger partial charge in [0.25, 0.3) is 5.56 Å². The van der Waals surface area contributed by atoms with E-state index in [1.807, 2.05) is 6.07 Å². The van der Waals surface area contributed by atoms with Crippen LogP contribution in [0.25, 0.3) is 0 Å². The lowest BCUT2D eigenvalue weighted by atomic mass is 9.46. The molecule has 0 aromatic carbocycles. The third-order valence-corrected chi connectivity index (χ3v) is 7.44. The molecule has 0 spiro atoms. The maximum Gasteiger partial charge on any atom is 0.288 e. The summed E-state index contributed by atoms with van der Waals surface area (Å²) in [5.74, 6) is 0.591. The number of aliphatic carboxylic acids is 1. The molecule has 2 aromatic heterocycles. The molecule has 0 radical (unpaired) electrons. The van der Waals surface area contributed by atoms with Crippen molar-refractivity contribution in [2.45, 2.75) is 57.0 Å². The number of anilines is 1. The van der Waals surface area contributed by atoms with Gasteiger partial charge in [-0.2, -0.15) is 5.10 Å². The number of carbonyl (C=O) groups excluding carboxylic acids is 1. The van der Waals surface area contributed by atoms with Gasteiger partial charge in [-0.1, -0.05) is 11.6 Å². The van der Waals surface area contributed by atoms with Crippen molar-refractivity contribution in [1.29, 1.82) is 0 Å². The number of halogens is 1. The molecular formula is C21H23ClN3O4-. The predicted molar refractivity (Wildman–Crippen MR) is 104 cm³/mol. The number of nitrogens with one attached hydrogen (secondary N) is 1. The molecule has 8 heteroatoms. The minimum Gasteiger partial charge on any atom is -0.550 e. The molecule has 2 unspecified atom stereocenters. The number of carboxylic acids is 1. The van der Waals surface area contributed by atoms with Crippen LogP contribution in [0, 0.1) is 17.3 Å². The number of rotatable bonds is 6. The molecule has 1 N–H and O–H groups in total. The second-order valence-electron chi connectivity index (χ2n) is 9.26. The molecule has 4 aliphatic rings. The number of aromatic nitrogens is 2. The Bertz CT molecular complexity index is 986. The van der Waals surface area contributed by atoms with Crippen molar-refractivity contribution in [3.63, 3.8) is 0 Å². The quantitative estimate of drug-likeness (QED) is 0.776. The lowest BCUT2D eigenvalue weighted by Crippen LogP contribution is -2.60. The minimum atomic E-state index is -1.00. The average Bonchev–Trinajstić information content (AvgIpc) is 3.14. The fourth-order valence-corrected chi connectivity index (χ4v) is 6.85. The summed E-state index contributed by atoms with van der Waals surface area (Å²) in [5.41, 5.74) is -0.577. The molecular weight excluding hydrogens is 394 g/mol. The number of hydrogen-bond acceptors (Lipinski definition) is 6. The predicted octanol–water partition coefficient (Wildman–Crippen LogP) is 2.54. The molecule has 4 aliphatic carbocycles. The molecule has 0 saturated heterocycles. The Morgan fingerprint density at radius 3 is 2.76 bits per heavy atom. The van der Waals surface area contributed by atoms with Crippen LogP contribution in [0.3, 0.4) is 0 Å². The monoisotopic (exact) mass is 416 g/mol. The zero-order valence-corrected chi connectivity index (χ0v) is 16.8. The smallest absolute Gasteiger partial charge is 0.288 e. The first-order valence-electron chi connectivity index (χ1n) is 10.1. The van der Waals surface area contributed by atoms with Crippen LogP contribution in [0.4, 0.5) is 5.69 Å². The molecule has 29 heavy (non-hydrogen) atoms. The number of carboxylic acid groups (broad SMARTS) is 1. The van der Waals surface area contributed by atoms with E-state index in [1.54, 1.807) is 23.2 Å². The van der Waals surface area contributed by atoms with Gasteiger partial charge in [0, 0.05) is 5.97 Å². The van der Waals surface area contributed by atoms with Gasteiger partial charge in [-0.15, -0.1) is 0 Å². The Morgan fingerprint density at radius 1 is 1.34 bits per heavy atom. The molecule has 4 bridgehead atoms. The van der Waals surface area contributed by atoms with E-state index in [0.717, 1.165) is 37.9 Å². The third kappa shape index (κ3) is 3.16. The van der Waals surface area contributed by atoms with Crippen molar-refractivity contribution in [2.24, 2.45) is 17.3 Å². The molecule has 4 atom stereocenters. The van der Waals surface area contributed by atoms with Gasteiger partial charge < -0.3 is 19.6 Å². The van der Waals surface area contributed by atoms with Crippen LogP contribution in [-0.4, -0.2) is 15.7 Å². The number of furan rings is 1. The van der Waals surface area contributed by atoms with E-state index in [9.17, 15) is 14.7 Å². The Labute approximate surface area is 173 Å². The molecule has 4 fully saturated rings. The molecule has 0 aliphatic heterocycles. The topological polar surface area (TPSA) is 100 Å². The van der Waals surface area contributed by atoms with Gasteiger partial charge >= 0.3 is 0 Å². The van der Waals surface area contributed by atoms with Crippen LogP contribution in [0.1, 0.15) is 50.7 Å². The van der Waals surface area contributed by atoms with E-state index in [4.69, 9.17) is 16.0 Å². The summed E-state index contributed by atoms with van der Waals surface area (Å²) in [6, 6.07) is 3.63. The fraction of sp³-hybridized carbons (Fsp3) is 0.571. The van der Waals surface area contributed by atoms with Crippen LogP contribution in [0.5, 0.6) is 0 Å². The summed E-state index contributed by atoms with van der Waals surface area (Å²) in [7, 11) is 0. The van der Waals surface area contributed by atoms with Crippen LogP contribution < -0.4 is 16.0 Å². The summed E-state index contributed by atoms with van der Waals surface area (Å²) in [6.45, 7) is 0.405. The molecule has 154 valence electrons. The number of nitrogens with zero attached hydrogens (tertiary/aromatic N) is 2. The van der Waals surface area contributed by atoms with Crippen LogP contribution >= 0.6 is 11.6 Å². The summed E-state index contributed by atoms with van der Waals surface area (Å²) in [6.07, 6.45) is 8.55. The molecule has 2 aromatic rings. The van der Waals surface area contributed by atoms with E-state index < -0.39 is 11.5 Å². The SMILES string of the molecule is O=C([O-])CC12C[C@H]3C[C@@H](C1)CC(n1ncc(NCc4ccco4)c(Cl)c1=O)(C3)C2. The third-order valence-electron chi connectivity index (χ3n) is 7.07. The van der Waals surface area contributed by atoms with Gasteiger partial charge in [0.15, 0.2) is 0 Å². The molecule has 0 amide bonds. The zero-order valence-electron chi connectivity index (χ0n) is 16.0. The second-order valence-corrected chi connectivity index (χ2v) is 9.63. The van der Waals surface area contributed by atoms with E-state index in [0.29, 0.717) is 30.5 Å². The van der Waals surface area contributed by atoms with Gasteiger partial charge in [0.1, 0.15) is 10.8 Å². The maximum absolute atomic E-state index is 13.2. The van der Waals surface area contributed by atoms with Crippen molar-refractivity contribution in [1.82, 2.24) is 9.78 Å². The van der Waals surface area contributed by atoms with Crippen LogP contribution in [-0.2, 0) is 16.9 Å². The van der Waals surface area contributed by atoms with E-state index in [1.165, 1.54) is 0 Å².